The number of amides is 2. The fraction of sp³-hybridized carbons (Fsp3) is 0. The van der Waals surface area contributed by atoms with Crippen molar-refractivity contribution in [2.24, 2.45) is 0 Å². The molecule has 1 aromatic heterocycles. The number of para-hydroxylation sites is 2. The first-order valence-corrected chi connectivity index (χ1v) is 9.80. The van der Waals surface area contributed by atoms with Gasteiger partial charge in [-0.15, -0.1) is 0 Å². The molecule has 4 aromatic rings. The monoisotopic (exact) mass is 445 g/mol. The SMILES string of the molecule is O=C(Nc1ccccc1F)C(=Cc1ccc(-n2cncn2)cc1)C(=O)Nc1ccccc1F. The number of carbonyl (C=O) groups excluding carboxylic acids is 2. The molecule has 0 bridgehead atoms. The van der Waals surface area contributed by atoms with Gasteiger partial charge in [0.2, 0.25) is 0 Å². The van der Waals surface area contributed by atoms with Crippen molar-refractivity contribution in [1.29, 1.82) is 0 Å². The molecule has 0 aliphatic heterocycles. The second-order valence-electron chi connectivity index (χ2n) is 6.86. The van der Waals surface area contributed by atoms with Crippen LogP contribution < -0.4 is 10.6 Å². The minimum Gasteiger partial charge on any atom is -0.319 e. The molecule has 0 saturated carbocycles. The van der Waals surface area contributed by atoms with E-state index in [9.17, 15) is 18.4 Å². The van der Waals surface area contributed by atoms with Crippen LogP contribution in [-0.2, 0) is 9.59 Å². The molecule has 1 heterocycles. The van der Waals surface area contributed by atoms with Gasteiger partial charge in [0.1, 0.15) is 29.9 Å². The summed E-state index contributed by atoms with van der Waals surface area (Å²) in [5, 5.41) is 8.81. The van der Waals surface area contributed by atoms with Gasteiger partial charge in [-0.1, -0.05) is 36.4 Å². The van der Waals surface area contributed by atoms with Crippen LogP contribution in [0.5, 0.6) is 0 Å². The van der Waals surface area contributed by atoms with E-state index in [4.69, 9.17) is 0 Å². The number of nitrogens with zero attached hydrogens (tertiary/aromatic N) is 3. The Hall–Kier alpha value is -4.66. The standard InChI is InChI=1S/C24H17F2N5O2/c25-19-5-1-3-7-21(19)29-23(32)18(24(33)30-22-8-4-2-6-20(22)26)13-16-9-11-17(12-10-16)31-15-27-14-28-31/h1-15H,(H,29,32)(H,30,33). The Kier molecular flexibility index (Phi) is 6.31. The van der Waals surface area contributed by atoms with Crippen LogP contribution in [0.4, 0.5) is 20.2 Å². The van der Waals surface area contributed by atoms with Crippen molar-refractivity contribution in [3.05, 3.63) is 108 Å². The lowest BCUT2D eigenvalue weighted by molar-refractivity contribution is -0.118. The molecule has 33 heavy (non-hydrogen) atoms. The van der Waals surface area contributed by atoms with Gasteiger partial charge in [0.15, 0.2) is 0 Å². The van der Waals surface area contributed by atoms with Crippen LogP contribution in [0.2, 0.25) is 0 Å². The molecule has 7 nitrogen and oxygen atoms in total. The summed E-state index contributed by atoms with van der Waals surface area (Å²) < 4.78 is 29.6. The second kappa shape index (κ2) is 9.65. The zero-order chi connectivity index (χ0) is 23.2. The highest BCUT2D eigenvalue weighted by molar-refractivity contribution is 6.28. The number of anilines is 2. The highest BCUT2D eigenvalue weighted by Gasteiger charge is 2.21. The summed E-state index contributed by atoms with van der Waals surface area (Å²) in [5.74, 6) is -3.02. The van der Waals surface area contributed by atoms with E-state index in [-0.39, 0.29) is 16.9 Å². The highest BCUT2D eigenvalue weighted by Crippen LogP contribution is 2.19. The molecule has 0 spiro atoms. The quantitative estimate of drug-likeness (QED) is 0.264. The minimum absolute atomic E-state index is 0.0892. The molecule has 3 aromatic carbocycles. The van der Waals surface area contributed by atoms with E-state index in [2.05, 4.69) is 20.7 Å². The van der Waals surface area contributed by atoms with Crippen LogP contribution in [0.1, 0.15) is 5.56 Å². The van der Waals surface area contributed by atoms with Crippen LogP contribution in [0.3, 0.4) is 0 Å². The van der Waals surface area contributed by atoms with Crippen LogP contribution in [0, 0.1) is 11.6 Å². The van der Waals surface area contributed by atoms with Gasteiger partial charge in [0, 0.05) is 0 Å². The van der Waals surface area contributed by atoms with E-state index >= 15 is 0 Å². The second-order valence-corrected chi connectivity index (χ2v) is 6.86. The number of carbonyl (C=O) groups is 2. The number of rotatable bonds is 6. The van der Waals surface area contributed by atoms with Gasteiger partial charge in [-0.2, -0.15) is 5.10 Å². The van der Waals surface area contributed by atoms with Gasteiger partial charge < -0.3 is 10.6 Å². The molecule has 2 amide bonds. The average molecular weight is 445 g/mol. The molecular formula is C24H17F2N5O2. The molecule has 0 atom stereocenters. The number of hydrogen-bond donors (Lipinski definition) is 2. The maximum atomic E-state index is 14.0. The zero-order valence-electron chi connectivity index (χ0n) is 17.1. The molecule has 0 saturated heterocycles. The van der Waals surface area contributed by atoms with Gasteiger partial charge in [-0.25, -0.2) is 18.4 Å². The van der Waals surface area contributed by atoms with Gasteiger partial charge in [-0.05, 0) is 48.0 Å². The van der Waals surface area contributed by atoms with Crippen molar-refractivity contribution in [2.75, 3.05) is 10.6 Å². The number of hydrogen-bond acceptors (Lipinski definition) is 4. The number of nitrogens with one attached hydrogen (secondary N) is 2. The zero-order valence-corrected chi connectivity index (χ0v) is 17.1. The number of halogens is 2. The summed E-state index contributed by atoms with van der Waals surface area (Å²) in [6.07, 6.45) is 4.25. The highest BCUT2D eigenvalue weighted by atomic mass is 19.1. The number of benzene rings is 3. The molecule has 0 fully saturated rings. The Morgan fingerprint density at radius 1 is 0.788 bits per heavy atom. The van der Waals surface area contributed by atoms with E-state index in [1.54, 1.807) is 41.1 Å². The maximum absolute atomic E-state index is 14.0. The summed E-state index contributed by atoms with van der Waals surface area (Å²) in [7, 11) is 0. The fourth-order valence-electron chi connectivity index (χ4n) is 2.97. The van der Waals surface area contributed by atoms with Gasteiger partial charge >= 0.3 is 0 Å². The predicted molar refractivity (Wildman–Crippen MR) is 119 cm³/mol. The molecule has 9 heteroatoms. The summed E-state index contributed by atoms with van der Waals surface area (Å²) in [4.78, 5) is 29.7. The average Bonchev–Trinajstić information content (AvgIpc) is 3.36. The van der Waals surface area contributed by atoms with E-state index in [1.807, 2.05) is 0 Å². The normalized spacial score (nSPS) is 10.4. The van der Waals surface area contributed by atoms with E-state index in [0.29, 0.717) is 5.56 Å². The smallest absolute Gasteiger partial charge is 0.261 e. The largest absolute Gasteiger partial charge is 0.319 e. The van der Waals surface area contributed by atoms with E-state index < -0.39 is 23.4 Å². The molecule has 2 N–H and O–H groups in total. The summed E-state index contributed by atoms with van der Waals surface area (Å²) >= 11 is 0. The summed E-state index contributed by atoms with van der Waals surface area (Å²) in [5.41, 5.74) is 0.719. The Morgan fingerprint density at radius 2 is 1.33 bits per heavy atom. The van der Waals surface area contributed by atoms with E-state index in [1.165, 1.54) is 55.1 Å². The van der Waals surface area contributed by atoms with Crippen molar-refractivity contribution in [2.45, 2.75) is 0 Å². The third kappa shape index (κ3) is 5.16. The molecule has 0 aliphatic carbocycles. The van der Waals surface area contributed by atoms with Gasteiger partial charge in [0.05, 0.1) is 17.1 Å². The van der Waals surface area contributed by atoms with Crippen LogP contribution in [0.15, 0.2) is 91.0 Å². The lowest BCUT2D eigenvalue weighted by Crippen LogP contribution is -2.26. The van der Waals surface area contributed by atoms with Crippen LogP contribution in [0.25, 0.3) is 11.8 Å². The summed E-state index contributed by atoms with van der Waals surface area (Å²) in [6.45, 7) is 0. The first-order chi connectivity index (χ1) is 16.0. The molecule has 4 rings (SSSR count). The van der Waals surface area contributed by atoms with Crippen molar-refractivity contribution in [3.8, 4) is 5.69 Å². The molecule has 0 unspecified atom stereocenters. The van der Waals surface area contributed by atoms with Crippen molar-refractivity contribution in [3.63, 3.8) is 0 Å². The third-order valence-corrected chi connectivity index (χ3v) is 4.62. The van der Waals surface area contributed by atoms with Gasteiger partial charge in [0.25, 0.3) is 11.8 Å². The first kappa shape index (κ1) is 21.6. The Morgan fingerprint density at radius 3 is 1.82 bits per heavy atom. The van der Waals surface area contributed by atoms with E-state index in [0.717, 1.165) is 5.69 Å². The Labute approximate surface area is 187 Å². The molecule has 164 valence electrons. The first-order valence-electron chi connectivity index (χ1n) is 9.80. The maximum Gasteiger partial charge on any atom is 0.261 e. The van der Waals surface area contributed by atoms with Crippen molar-refractivity contribution < 1.29 is 18.4 Å². The lowest BCUT2D eigenvalue weighted by atomic mass is 10.1. The molecule has 0 radical (unpaired) electrons. The Bertz CT molecular complexity index is 1260. The Balaban J connectivity index is 1.65. The lowest BCUT2D eigenvalue weighted by Gasteiger charge is -2.11. The fourth-order valence-corrected chi connectivity index (χ4v) is 2.97. The van der Waals surface area contributed by atoms with Crippen LogP contribution >= 0.6 is 0 Å². The van der Waals surface area contributed by atoms with Crippen LogP contribution in [-0.4, -0.2) is 26.6 Å². The minimum atomic E-state index is -0.853. The van der Waals surface area contributed by atoms with Crippen molar-refractivity contribution in [1.82, 2.24) is 14.8 Å². The number of aromatic nitrogens is 3. The molecular weight excluding hydrogens is 428 g/mol. The predicted octanol–water partition coefficient (Wildman–Crippen LogP) is 4.21. The summed E-state index contributed by atoms with van der Waals surface area (Å²) in [6, 6.07) is 17.9. The molecule has 0 aliphatic rings. The third-order valence-electron chi connectivity index (χ3n) is 4.62. The van der Waals surface area contributed by atoms with Gasteiger partial charge in [-0.3, -0.25) is 9.59 Å². The van der Waals surface area contributed by atoms with Crippen molar-refractivity contribution >= 4 is 29.3 Å². The topological polar surface area (TPSA) is 88.9 Å².